The van der Waals surface area contributed by atoms with Crippen molar-refractivity contribution >= 4 is 10.9 Å². The SMILES string of the molecule is CC(C)Cn1cc(C(C)C)c2cc(F)ccc21. The van der Waals surface area contributed by atoms with Gasteiger partial charge in [0.1, 0.15) is 5.82 Å². The Morgan fingerprint density at radius 3 is 2.47 bits per heavy atom. The standard InChI is InChI=1S/C15H20FN/c1-10(2)8-17-9-14(11(3)4)13-7-12(16)5-6-15(13)17/h5-7,9-11H,8H2,1-4H3. The largest absolute Gasteiger partial charge is 0.347 e. The van der Waals surface area contributed by atoms with Crippen molar-refractivity contribution in [2.75, 3.05) is 0 Å². The van der Waals surface area contributed by atoms with Crippen LogP contribution in [0.5, 0.6) is 0 Å². The zero-order chi connectivity index (χ0) is 12.6. The van der Waals surface area contributed by atoms with E-state index in [0.29, 0.717) is 11.8 Å². The summed E-state index contributed by atoms with van der Waals surface area (Å²) >= 11 is 0. The summed E-state index contributed by atoms with van der Waals surface area (Å²) in [6, 6.07) is 5.09. The monoisotopic (exact) mass is 233 g/mol. The molecule has 1 nitrogen and oxygen atoms in total. The lowest BCUT2D eigenvalue weighted by atomic mass is 10.0. The number of benzene rings is 1. The van der Waals surface area contributed by atoms with Crippen LogP contribution < -0.4 is 0 Å². The normalized spacial score (nSPS) is 11.9. The molecule has 0 aliphatic rings. The van der Waals surface area contributed by atoms with Crippen LogP contribution in [0.3, 0.4) is 0 Å². The third kappa shape index (κ3) is 2.36. The van der Waals surface area contributed by atoms with E-state index < -0.39 is 0 Å². The molecule has 92 valence electrons. The van der Waals surface area contributed by atoms with Crippen molar-refractivity contribution in [2.45, 2.75) is 40.2 Å². The number of hydrogen-bond acceptors (Lipinski definition) is 0. The van der Waals surface area contributed by atoms with Crippen LogP contribution in [0.15, 0.2) is 24.4 Å². The summed E-state index contributed by atoms with van der Waals surface area (Å²) in [5.74, 6) is 0.866. The highest BCUT2D eigenvalue weighted by Gasteiger charge is 2.12. The minimum absolute atomic E-state index is 0.151. The molecule has 2 heteroatoms. The van der Waals surface area contributed by atoms with Crippen LogP contribution in [0, 0.1) is 11.7 Å². The van der Waals surface area contributed by atoms with E-state index in [0.717, 1.165) is 17.4 Å². The second-order valence-electron chi connectivity index (χ2n) is 5.45. The second kappa shape index (κ2) is 4.52. The van der Waals surface area contributed by atoms with Gasteiger partial charge in [0.15, 0.2) is 0 Å². The predicted octanol–water partition coefficient (Wildman–Crippen LogP) is 4.56. The highest BCUT2D eigenvalue weighted by molar-refractivity contribution is 5.84. The summed E-state index contributed by atoms with van der Waals surface area (Å²) < 4.78 is 15.6. The average Bonchev–Trinajstić information content (AvgIpc) is 2.55. The van der Waals surface area contributed by atoms with Crippen molar-refractivity contribution in [2.24, 2.45) is 5.92 Å². The minimum atomic E-state index is -0.151. The first-order valence-corrected chi connectivity index (χ1v) is 6.27. The molecule has 0 aliphatic carbocycles. The van der Waals surface area contributed by atoms with E-state index >= 15 is 0 Å². The maximum atomic E-state index is 13.3. The van der Waals surface area contributed by atoms with E-state index in [1.807, 2.05) is 6.07 Å². The molecule has 0 saturated carbocycles. The minimum Gasteiger partial charge on any atom is -0.347 e. The summed E-state index contributed by atoms with van der Waals surface area (Å²) in [4.78, 5) is 0. The molecule has 0 saturated heterocycles. The van der Waals surface area contributed by atoms with Gasteiger partial charge in [0.25, 0.3) is 0 Å². The second-order valence-corrected chi connectivity index (χ2v) is 5.45. The van der Waals surface area contributed by atoms with Crippen molar-refractivity contribution in [1.82, 2.24) is 4.57 Å². The topological polar surface area (TPSA) is 4.93 Å². The lowest BCUT2D eigenvalue weighted by molar-refractivity contribution is 0.534. The van der Waals surface area contributed by atoms with Gasteiger partial charge >= 0.3 is 0 Å². The summed E-state index contributed by atoms with van der Waals surface area (Å²) in [5, 5.41) is 1.06. The van der Waals surface area contributed by atoms with Gasteiger partial charge < -0.3 is 4.57 Å². The van der Waals surface area contributed by atoms with Crippen LogP contribution in [-0.2, 0) is 6.54 Å². The van der Waals surface area contributed by atoms with Crippen LogP contribution in [0.25, 0.3) is 10.9 Å². The molecule has 0 aliphatic heterocycles. The number of halogens is 1. The molecule has 1 heterocycles. The molecule has 1 aromatic carbocycles. The number of aromatic nitrogens is 1. The number of rotatable bonds is 3. The summed E-state index contributed by atoms with van der Waals surface area (Å²) in [7, 11) is 0. The molecular formula is C15H20FN. The van der Waals surface area contributed by atoms with Gasteiger partial charge in [-0.2, -0.15) is 0 Å². The molecule has 1 aromatic heterocycles. The van der Waals surface area contributed by atoms with E-state index in [4.69, 9.17) is 0 Å². The van der Waals surface area contributed by atoms with Gasteiger partial charge in [0.2, 0.25) is 0 Å². The van der Waals surface area contributed by atoms with Gasteiger partial charge in [-0.3, -0.25) is 0 Å². The third-order valence-electron chi connectivity index (χ3n) is 3.06. The van der Waals surface area contributed by atoms with Crippen LogP contribution >= 0.6 is 0 Å². The van der Waals surface area contributed by atoms with Gasteiger partial charge in [-0.1, -0.05) is 27.7 Å². The summed E-state index contributed by atoms with van der Waals surface area (Å²) in [5.41, 5.74) is 2.38. The van der Waals surface area contributed by atoms with E-state index in [2.05, 4.69) is 38.5 Å². The molecule has 2 rings (SSSR count). The first kappa shape index (κ1) is 12.2. The molecule has 0 fully saturated rings. The Morgan fingerprint density at radius 2 is 1.88 bits per heavy atom. The Morgan fingerprint density at radius 1 is 1.18 bits per heavy atom. The van der Waals surface area contributed by atoms with E-state index in [-0.39, 0.29) is 5.82 Å². The molecule has 0 bridgehead atoms. The fraction of sp³-hybridized carbons (Fsp3) is 0.467. The summed E-state index contributed by atoms with van der Waals surface area (Å²) in [6.07, 6.45) is 2.18. The van der Waals surface area contributed by atoms with Gasteiger partial charge in [0.05, 0.1) is 0 Å². The fourth-order valence-corrected chi connectivity index (χ4v) is 2.30. The Bertz CT molecular complexity index is 523. The molecule has 0 spiro atoms. The van der Waals surface area contributed by atoms with Gasteiger partial charge in [-0.15, -0.1) is 0 Å². The lowest BCUT2D eigenvalue weighted by Gasteiger charge is -2.07. The van der Waals surface area contributed by atoms with Crippen molar-refractivity contribution in [3.05, 3.63) is 35.8 Å². The van der Waals surface area contributed by atoms with Gasteiger partial charge in [-0.05, 0) is 35.6 Å². The van der Waals surface area contributed by atoms with E-state index in [1.165, 1.54) is 5.56 Å². The van der Waals surface area contributed by atoms with Crippen LogP contribution in [-0.4, -0.2) is 4.57 Å². The van der Waals surface area contributed by atoms with E-state index in [1.54, 1.807) is 12.1 Å². The average molecular weight is 233 g/mol. The molecule has 0 unspecified atom stereocenters. The number of nitrogens with zero attached hydrogens (tertiary/aromatic N) is 1. The van der Waals surface area contributed by atoms with E-state index in [9.17, 15) is 4.39 Å². The zero-order valence-corrected chi connectivity index (χ0v) is 11.0. The maximum Gasteiger partial charge on any atom is 0.123 e. The highest BCUT2D eigenvalue weighted by Crippen LogP contribution is 2.28. The predicted molar refractivity (Wildman–Crippen MR) is 70.8 cm³/mol. The Labute approximate surface area is 102 Å². The number of hydrogen-bond donors (Lipinski definition) is 0. The molecule has 0 radical (unpaired) electrons. The quantitative estimate of drug-likeness (QED) is 0.732. The fourth-order valence-electron chi connectivity index (χ4n) is 2.30. The molecule has 0 amide bonds. The van der Waals surface area contributed by atoms with Gasteiger partial charge in [0, 0.05) is 23.6 Å². The maximum absolute atomic E-state index is 13.3. The number of fused-ring (bicyclic) bond motifs is 1. The molecular weight excluding hydrogens is 213 g/mol. The van der Waals surface area contributed by atoms with Gasteiger partial charge in [-0.25, -0.2) is 4.39 Å². The Balaban J connectivity index is 2.62. The first-order chi connectivity index (χ1) is 7.99. The molecule has 0 N–H and O–H groups in total. The van der Waals surface area contributed by atoms with Crippen molar-refractivity contribution in [3.63, 3.8) is 0 Å². The molecule has 0 atom stereocenters. The smallest absolute Gasteiger partial charge is 0.123 e. The molecule has 2 aromatic rings. The van der Waals surface area contributed by atoms with Crippen molar-refractivity contribution in [1.29, 1.82) is 0 Å². The highest BCUT2D eigenvalue weighted by atomic mass is 19.1. The lowest BCUT2D eigenvalue weighted by Crippen LogP contribution is -2.02. The zero-order valence-electron chi connectivity index (χ0n) is 11.0. The summed E-state index contributed by atoms with van der Waals surface area (Å²) in [6.45, 7) is 9.68. The van der Waals surface area contributed by atoms with Crippen LogP contribution in [0.4, 0.5) is 4.39 Å². The van der Waals surface area contributed by atoms with Crippen molar-refractivity contribution < 1.29 is 4.39 Å². The Kier molecular flexibility index (Phi) is 3.23. The van der Waals surface area contributed by atoms with Crippen LogP contribution in [0.1, 0.15) is 39.2 Å². The molecule has 17 heavy (non-hydrogen) atoms. The first-order valence-electron chi connectivity index (χ1n) is 6.27. The van der Waals surface area contributed by atoms with Crippen molar-refractivity contribution in [3.8, 4) is 0 Å². The van der Waals surface area contributed by atoms with Crippen LogP contribution in [0.2, 0.25) is 0 Å². The third-order valence-corrected chi connectivity index (χ3v) is 3.06. The Hall–Kier alpha value is -1.31.